The van der Waals surface area contributed by atoms with Crippen LogP contribution in [0.3, 0.4) is 0 Å². The van der Waals surface area contributed by atoms with Crippen molar-refractivity contribution >= 4 is 55.3 Å². The molecule has 0 saturated carbocycles. The second kappa shape index (κ2) is 9.33. The summed E-state index contributed by atoms with van der Waals surface area (Å²) in [5.41, 5.74) is 0.927. The van der Waals surface area contributed by atoms with Crippen LogP contribution in [0.4, 0.5) is 5.69 Å². The highest BCUT2D eigenvalue weighted by atomic mass is 79.9. The van der Waals surface area contributed by atoms with Crippen LogP contribution in [0, 0.1) is 0 Å². The van der Waals surface area contributed by atoms with Crippen LogP contribution in [0.1, 0.15) is 10.4 Å². The molecule has 6 nitrogen and oxygen atoms in total. The fraction of sp³-hybridized carbons (Fsp3) is 0.118. The smallest absolute Gasteiger partial charge is 0.338 e. The van der Waals surface area contributed by atoms with Gasteiger partial charge in [-0.2, -0.15) is 0 Å². The van der Waals surface area contributed by atoms with Gasteiger partial charge in [-0.15, -0.1) is 0 Å². The van der Waals surface area contributed by atoms with Gasteiger partial charge < -0.3 is 15.4 Å². The summed E-state index contributed by atoms with van der Waals surface area (Å²) in [4.78, 5) is 35.3. The first-order valence-electron chi connectivity index (χ1n) is 7.19. The molecular weight excluding hydrogens is 456 g/mol. The Morgan fingerprint density at radius 2 is 1.72 bits per heavy atom. The first-order chi connectivity index (χ1) is 12.0. The topological polar surface area (TPSA) is 84.5 Å². The van der Waals surface area contributed by atoms with E-state index in [9.17, 15) is 14.4 Å². The predicted octanol–water partition coefficient (Wildman–Crippen LogP) is 3.12. The highest BCUT2D eigenvalue weighted by Gasteiger charge is 2.12. The summed E-state index contributed by atoms with van der Waals surface area (Å²) in [7, 11) is 0. The third-order valence-corrected chi connectivity index (χ3v) is 4.17. The molecule has 2 rings (SSSR count). The molecule has 0 fully saturated rings. The van der Waals surface area contributed by atoms with Crippen molar-refractivity contribution < 1.29 is 19.1 Å². The highest BCUT2D eigenvalue weighted by Crippen LogP contribution is 2.20. The fourth-order valence-electron chi connectivity index (χ4n) is 1.82. The zero-order valence-electron chi connectivity index (χ0n) is 12.9. The summed E-state index contributed by atoms with van der Waals surface area (Å²) in [5.74, 6) is -1.57. The van der Waals surface area contributed by atoms with E-state index in [4.69, 9.17) is 4.74 Å². The lowest BCUT2D eigenvalue weighted by atomic mass is 10.2. The SMILES string of the molecule is O=C(COC(=O)c1cccc(Br)c1)NCC(=O)Nc1ccccc1Br. The highest BCUT2D eigenvalue weighted by molar-refractivity contribution is 9.10. The Morgan fingerprint density at radius 1 is 0.960 bits per heavy atom. The van der Waals surface area contributed by atoms with Crippen LogP contribution in [0.25, 0.3) is 0 Å². The summed E-state index contributed by atoms with van der Waals surface area (Å²) in [6, 6.07) is 13.7. The third kappa shape index (κ3) is 6.32. The number of hydrogen-bond donors (Lipinski definition) is 2. The number of halogens is 2. The van der Waals surface area contributed by atoms with Crippen molar-refractivity contribution in [1.82, 2.24) is 5.32 Å². The number of amides is 2. The molecule has 0 aromatic heterocycles. The molecule has 0 aliphatic carbocycles. The van der Waals surface area contributed by atoms with E-state index in [0.29, 0.717) is 11.3 Å². The number of benzene rings is 2. The first-order valence-corrected chi connectivity index (χ1v) is 8.78. The Morgan fingerprint density at radius 3 is 2.44 bits per heavy atom. The number of para-hydroxylation sites is 1. The molecular formula is C17H14Br2N2O4. The van der Waals surface area contributed by atoms with Crippen molar-refractivity contribution in [2.75, 3.05) is 18.5 Å². The first kappa shape index (κ1) is 19.1. The van der Waals surface area contributed by atoms with E-state index >= 15 is 0 Å². The van der Waals surface area contributed by atoms with Gasteiger partial charge in [0.15, 0.2) is 6.61 Å². The Bertz CT molecular complexity index is 796. The third-order valence-electron chi connectivity index (χ3n) is 2.99. The summed E-state index contributed by atoms with van der Waals surface area (Å²) in [6.45, 7) is -0.692. The van der Waals surface area contributed by atoms with Crippen molar-refractivity contribution in [3.63, 3.8) is 0 Å². The van der Waals surface area contributed by atoms with Crippen LogP contribution in [-0.2, 0) is 14.3 Å². The molecule has 0 radical (unpaired) electrons. The van der Waals surface area contributed by atoms with Crippen LogP contribution in [0.5, 0.6) is 0 Å². The quantitative estimate of drug-likeness (QED) is 0.636. The normalized spacial score (nSPS) is 10.0. The lowest BCUT2D eigenvalue weighted by Crippen LogP contribution is -2.35. The molecule has 2 amide bonds. The monoisotopic (exact) mass is 468 g/mol. The van der Waals surface area contributed by atoms with Crippen LogP contribution >= 0.6 is 31.9 Å². The van der Waals surface area contributed by atoms with Crippen molar-refractivity contribution in [3.8, 4) is 0 Å². The number of nitrogens with one attached hydrogen (secondary N) is 2. The van der Waals surface area contributed by atoms with E-state index in [1.165, 1.54) is 0 Å². The molecule has 0 bridgehead atoms. The summed E-state index contributed by atoms with van der Waals surface area (Å²) in [5, 5.41) is 5.04. The molecule has 0 aliphatic heterocycles. The summed E-state index contributed by atoms with van der Waals surface area (Å²) >= 11 is 6.56. The number of carbonyl (C=O) groups is 3. The van der Waals surface area contributed by atoms with Gasteiger partial charge in [-0.3, -0.25) is 9.59 Å². The van der Waals surface area contributed by atoms with E-state index in [-0.39, 0.29) is 6.54 Å². The number of anilines is 1. The van der Waals surface area contributed by atoms with Gasteiger partial charge in [0.25, 0.3) is 5.91 Å². The average Bonchev–Trinajstić information content (AvgIpc) is 2.60. The number of esters is 1. The average molecular weight is 470 g/mol. The zero-order chi connectivity index (χ0) is 18.2. The Kier molecular flexibility index (Phi) is 7.15. The Balaban J connectivity index is 1.74. The second-order valence-electron chi connectivity index (χ2n) is 4.89. The molecule has 25 heavy (non-hydrogen) atoms. The molecule has 8 heteroatoms. The van der Waals surface area contributed by atoms with Crippen LogP contribution in [0.2, 0.25) is 0 Å². The van der Waals surface area contributed by atoms with Gasteiger partial charge in [0, 0.05) is 8.95 Å². The Hall–Kier alpha value is -2.19. The van der Waals surface area contributed by atoms with Gasteiger partial charge in [0.05, 0.1) is 17.8 Å². The number of hydrogen-bond acceptors (Lipinski definition) is 4. The number of carbonyl (C=O) groups excluding carboxylic acids is 3. The largest absolute Gasteiger partial charge is 0.452 e. The lowest BCUT2D eigenvalue weighted by Gasteiger charge is -2.09. The molecule has 2 aromatic carbocycles. The molecule has 0 saturated heterocycles. The Labute approximate surface area is 161 Å². The van der Waals surface area contributed by atoms with Crippen LogP contribution in [0.15, 0.2) is 57.5 Å². The van der Waals surface area contributed by atoms with Gasteiger partial charge in [0.2, 0.25) is 5.91 Å². The van der Waals surface area contributed by atoms with Crippen molar-refractivity contribution in [3.05, 3.63) is 63.0 Å². The van der Waals surface area contributed by atoms with Crippen LogP contribution in [-0.4, -0.2) is 30.9 Å². The molecule has 2 aromatic rings. The van der Waals surface area contributed by atoms with Gasteiger partial charge in [-0.25, -0.2) is 4.79 Å². The second-order valence-corrected chi connectivity index (χ2v) is 6.66. The number of rotatable bonds is 6. The number of ether oxygens (including phenoxy) is 1. The maximum atomic E-state index is 11.8. The summed E-state index contributed by atoms with van der Waals surface area (Å²) in [6.07, 6.45) is 0. The lowest BCUT2D eigenvalue weighted by molar-refractivity contribution is -0.126. The maximum absolute atomic E-state index is 11.8. The van der Waals surface area contributed by atoms with Gasteiger partial charge in [-0.05, 0) is 46.3 Å². The van der Waals surface area contributed by atoms with Gasteiger partial charge in [0.1, 0.15) is 0 Å². The summed E-state index contributed by atoms with van der Waals surface area (Å²) < 4.78 is 6.37. The fourth-order valence-corrected chi connectivity index (χ4v) is 2.60. The van der Waals surface area contributed by atoms with Crippen molar-refractivity contribution in [2.45, 2.75) is 0 Å². The van der Waals surface area contributed by atoms with E-state index in [0.717, 1.165) is 8.95 Å². The molecule has 0 unspecified atom stereocenters. The molecule has 0 heterocycles. The minimum atomic E-state index is -0.617. The standard InChI is InChI=1S/C17H14Br2N2O4/c18-12-5-3-4-11(8-12)17(24)25-10-16(23)20-9-15(22)21-14-7-2-1-6-13(14)19/h1-8H,9-10H2,(H,20,23)(H,21,22). The zero-order valence-corrected chi connectivity index (χ0v) is 16.1. The molecule has 130 valence electrons. The molecule has 2 N–H and O–H groups in total. The van der Waals surface area contributed by atoms with Crippen LogP contribution < -0.4 is 10.6 Å². The molecule has 0 atom stereocenters. The van der Waals surface area contributed by atoms with Gasteiger partial charge in [-0.1, -0.05) is 34.1 Å². The minimum Gasteiger partial charge on any atom is -0.452 e. The van der Waals surface area contributed by atoms with E-state index in [2.05, 4.69) is 42.5 Å². The predicted molar refractivity (Wildman–Crippen MR) is 100 cm³/mol. The van der Waals surface area contributed by atoms with Gasteiger partial charge >= 0.3 is 5.97 Å². The van der Waals surface area contributed by atoms with E-state index < -0.39 is 24.4 Å². The molecule has 0 spiro atoms. The van der Waals surface area contributed by atoms with E-state index in [1.807, 2.05) is 6.07 Å². The maximum Gasteiger partial charge on any atom is 0.338 e. The van der Waals surface area contributed by atoms with E-state index in [1.54, 1.807) is 42.5 Å². The molecule has 0 aliphatic rings. The van der Waals surface area contributed by atoms with Crippen molar-refractivity contribution in [2.24, 2.45) is 0 Å². The minimum absolute atomic E-state index is 0.228. The van der Waals surface area contributed by atoms with Crippen molar-refractivity contribution in [1.29, 1.82) is 0 Å².